The Morgan fingerprint density at radius 1 is 1.33 bits per heavy atom. The molecular weight excluding hydrogens is 250 g/mol. The van der Waals surface area contributed by atoms with Crippen molar-refractivity contribution < 1.29 is 13.2 Å². The predicted molar refractivity (Wildman–Crippen MR) is 69.5 cm³/mol. The molecule has 0 aliphatic carbocycles. The molecule has 0 fully saturated rings. The number of Topliss-reactive ketones (excluding diaryl/α,β-unsaturated/α-hetero) is 1. The van der Waals surface area contributed by atoms with Crippen molar-refractivity contribution in [3.8, 4) is 12.3 Å². The maximum Gasteiger partial charge on any atom is 0.244 e. The van der Waals surface area contributed by atoms with Crippen molar-refractivity contribution in [2.45, 2.75) is 18.7 Å². The first-order chi connectivity index (χ1) is 8.37. The summed E-state index contributed by atoms with van der Waals surface area (Å²) in [5.74, 6) is 2.01. The molecule has 0 saturated carbocycles. The van der Waals surface area contributed by atoms with Crippen LogP contribution in [0.2, 0.25) is 0 Å². The molecule has 96 valence electrons. The van der Waals surface area contributed by atoms with Gasteiger partial charge in [-0.1, -0.05) is 23.6 Å². The van der Waals surface area contributed by atoms with E-state index in [0.29, 0.717) is 0 Å². The van der Waals surface area contributed by atoms with Crippen molar-refractivity contribution in [1.82, 2.24) is 4.31 Å². The van der Waals surface area contributed by atoms with Crippen molar-refractivity contribution >= 4 is 15.8 Å². The molecule has 1 rings (SSSR count). The molecule has 0 bridgehead atoms. The molecule has 0 saturated heterocycles. The number of terminal acetylenes is 1. The summed E-state index contributed by atoms with van der Waals surface area (Å²) in [6, 6.07) is 6.42. The molecule has 0 heterocycles. The van der Waals surface area contributed by atoms with Crippen LogP contribution in [0.1, 0.15) is 12.5 Å². The largest absolute Gasteiger partial charge is 0.299 e. The first-order valence-corrected chi connectivity index (χ1v) is 6.81. The zero-order valence-electron chi connectivity index (χ0n) is 10.4. The van der Waals surface area contributed by atoms with E-state index >= 15 is 0 Å². The lowest BCUT2D eigenvalue weighted by atomic mass is 10.2. The van der Waals surface area contributed by atoms with Crippen molar-refractivity contribution in [3.05, 3.63) is 29.8 Å². The second-order valence-corrected chi connectivity index (χ2v) is 5.93. The maximum absolute atomic E-state index is 12.2. The number of ketones is 1. The highest BCUT2D eigenvalue weighted by atomic mass is 32.2. The minimum absolute atomic E-state index is 0.115. The summed E-state index contributed by atoms with van der Waals surface area (Å²) in [5, 5.41) is 0. The van der Waals surface area contributed by atoms with Crippen LogP contribution in [0.5, 0.6) is 0 Å². The van der Waals surface area contributed by atoms with Crippen LogP contribution >= 0.6 is 0 Å². The van der Waals surface area contributed by atoms with E-state index in [2.05, 4.69) is 5.92 Å². The SMILES string of the molecule is C#CCN(CC(C)=O)S(=O)(=O)c1ccc(C)cc1. The van der Waals surface area contributed by atoms with Gasteiger partial charge in [0.15, 0.2) is 0 Å². The third-order valence-electron chi connectivity index (χ3n) is 2.33. The van der Waals surface area contributed by atoms with Crippen LogP contribution in [0.25, 0.3) is 0 Å². The van der Waals surface area contributed by atoms with E-state index in [-0.39, 0.29) is 23.8 Å². The van der Waals surface area contributed by atoms with Gasteiger partial charge in [-0.15, -0.1) is 6.42 Å². The van der Waals surface area contributed by atoms with Crippen LogP contribution in [-0.4, -0.2) is 31.6 Å². The molecule has 0 spiro atoms. The molecule has 1 aromatic carbocycles. The fraction of sp³-hybridized carbons (Fsp3) is 0.308. The number of nitrogens with zero attached hydrogens (tertiary/aromatic N) is 1. The molecule has 0 unspecified atom stereocenters. The maximum atomic E-state index is 12.2. The van der Waals surface area contributed by atoms with Crippen LogP contribution in [0.15, 0.2) is 29.2 Å². The highest BCUT2D eigenvalue weighted by Gasteiger charge is 2.24. The van der Waals surface area contributed by atoms with Gasteiger partial charge in [0, 0.05) is 0 Å². The normalized spacial score (nSPS) is 11.2. The first kappa shape index (κ1) is 14.4. The minimum Gasteiger partial charge on any atom is -0.299 e. The number of carbonyl (C=O) groups excluding carboxylic acids is 1. The van der Waals surface area contributed by atoms with E-state index in [1.807, 2.05) is 6.92 Å². The van der Waals surface area contributed by atoms with Gasteiger partial charge in [0.25, 0.3) is 0 Å². The summed E-state index contributed by atoms with van der Waals surface area (Å²) >= 11 is 0. The van der Waals surface area contributed by atoms with Gasteiger partial charge in [0.05, 0.1) is 18.0 Å². The lowest BCUT2D eigenvalue weighted by molar-refractivity contribution is -0.117. The Kier molecular flexibility index (Phi) is 4.65. The Labute approximate surface area is 108 Å². The fourth-order valence-electron chi connectivity index (χ4n) is 1.44. The molecule has 0 atom stereocenters. The van der Waals surface area contributed by atoms with E-state index < -0.39 is 10.0 Å². The number of benzene rings is 1. The van der Waals surface area contributed by atoms with Gasteiger partial charge >= 0.3 is 0 Å². The Bertz CT molecular complexity index is 567. The van der Waals surface area contributed by atoms with E-state index in [4.69, 9.17) is 6.42 Å². The standard InChI is InChI=1S/C13H15NO3S/c1-4-9-14(10-12(3)15)18(16,17)13-7-5-11(2)6-8-13/h1,5-8H,9-10H2,2-3H3. The quantitative estimate of drug-likeness (QED) is 0.752. The monoisotopic (exact) mass is 265 g/mol. The second-order valence-electron chi connectivity index (χ2n) is 3.99. The number of rotatable bonds is 5. The zero-order chi connectivity index (χ0) is 13.8. The van der Waals surface area contributed by atoms with E-state index in [1.54, 1.807) is 12.1 Å². The Balaban J connectivity index is 3.13. The van der Waals surface area contributed by atoms with Crippen LogP contribution < -0.4 is 0 Å². The number of carbonyl (C=O) groups is 1. The molecule has 0 aromatic heterocycles. The van der Waals surface area contributed by atoms with Gasteiger partial charge in [-0.25, -0.2) is 8.42 Å². The first-order valence-electron chi connectivity index (χ1n) is 5.37. The van der Waals surface area contributed by atoms with Crippen molar-refractivity contribution in [2.75, 3.05) is 13.1 Å². The van der Waals surface area contributed by atoms with Crippen molar-refractivity contribution in [1.29, 1.82) is 0 Å². The van der Waals surface area contributed by atoms with Gasteiger partial charge < -0.3 is 0 Å². The molecule has 0 aliphatic rings. The topological polar surface area (TPSA) is 54.5 Å². The molecule has 0 N–H and O–H groups in total. The predicted octanol–water partition coefficient (Wildman–Crippen LogP) is 1.21. The van der Waals surface area contributed by atoms with Gasteiger partial charge in [-0.3, -0.25) is 4.79 Å². The minimum atomic E-state index is -3.71. The van der Waals surface area contributed by atoms with Gasteiger partial charge in [-0.2, -0.15) is 4.31 Å². The third kappa shape index (κ3) is 3.42. The van der Waals surface area contributed by atoms with Gasteiger partial charge in [-0.05, 0) is 26.0 Å². The average molecular weight is 265 g/mol. The molecular formula is C13H15NO3S. The van der Waals surface area contributed by atoms with Gasteiger partial charge in [0.2, 0.25) is 10.0 Å². The van der Waals surface area contributed by atoms with Crippen LogP contribution in [-0.2, 0) is 14.8 Å². The van der Waals surface area contributed by atoms with Crippen LogP contribution in [0.3, 0.4) is 0 Å². The lowest BCUT2D eigenvalue weighted by Crippen LogP contribution is -2.35. The molecule has 0 aliphatic heterocycles. The lowest BCUT2D eigenvalue weighted by Gasteiger charge is -2.18. The second kappa shape index (κ2) is 5.80. The summed E-state index contributed by atoms with van der Waals surface area (Å²) in [6.07, 6.45) is 5.14. The summed E-state index contributed by atoms with van der Waals surface area (Å²) in [5.41, 5.74) is 0.962. The summed E-state index contributed by atoms with van der Waals surface area (Å²) < 4.78 is 25.5. The molecule has 5 heteroatoms. The average Bonchev–Trinajstić information content (AvgIpc) is 2.28. The Morgan fingerprint density at radius 2 is 1.89 bits per heavy atom. The summed E-state index contributed by atoms with van der Waals surface area (Å²) in [6.45, 7) is 2.87. The number of hydrogen-bond donors (Lipinski definition) is 0. The van der Waals surface area contributed by atoms with Crippen LogP contribution in [0, 0.1) is 19.3 Å². The van der Waals surface area contributed by atoms with Crippen molar-refractivity contribution in [2.24, 2.45) is 0 Å². The van der Waals surface area contributed by atoms with Crippen LogP contribution in [0.4, 0.5) is 0 Å². The molecule has 0 amide bonds. The molecule has 0 radical (unpaired) electrons. The Hall–Kier alpha value is -1.64. The number of aryl methyl sites for hydroxylation is 1. The van der Waals surface area contributed by atoms with Crippen molar-refractivity contribution in [3.63, 3.8) is 0 Å². The molecule has 4 nitrogen and oxygen atoms in total. The summed E-state index contributed by atoms with van der Waals surface area (Å²) in [7, 11) is -3.71. The number of sulfonamides is 1. The van der Waals surface area contributed by atoms with E-state index in [1.165, 1.54) is 19.1 Å². The fourth-order valence-corrected chi connectivity index (χ4v) is 2.81. The Morgan fingerprint density at radius 3 is 2.33 bits per heavy atom. The third-order valence-corrected chi connectivity index (χ3v) is 4.13. The molecule has 18 heavy (non-hydrogen) atoms. The zero-order valence-corrected chi connectivity index (χ0v) is 11.2. The highest BCUT2D eigenvalue weighted by Crippen LogP contribution is 2.15. The van der Waals surface area contributed by atoms with Gasteiger partial charge in [0.1, 0.15) is 5.78 Å². The van der Waals surface area contributed by atoms with E-state index in [0.717, 1.165) is 9.87 Å². The molecule has 1 aromatic rings. The summed E-state index contributed by atoms with van der Waals surface area (Å²) in [4.78, 5) is 11.2. The highest BCUT2D eigenvalue weighted by molar-refractivity contribution is 7.89. The number of hydrogen-bond acceptors (Lipinski definition) is 3. The smallest absolute Gasteiger partial charge is 0.244 e. The van der Waals surface area contributed by atoms with E-state index in [9.17, 15) is 13.2 Å².